The van der Waals surface area contributed by atoms with Gasteiger partial charge in [-0.3, -0.25) is 14.3 Å². The minimum Gasteiger partial charge on any atom is -0.369 e. The summed E-state index contributed by atoms with van der Waals surface area (Å²) in [6.07, 6.45) is 1.69. The number of para-hydroxylation sites is 3. The molecular formula is C28H24N4O. The van der Waals surface area contributed by atoms with Crippen molar-refractivity contribution in [2.45, 2.75) is 6.54 Å². The van der Waals surface area contributed by atoms with Gasteiger partial charge in [-0.1, -0.05) is 54.6 Å². The van der Waals surface area contributed by atoms with Crippen molar-refractivity contribution in [3.63, 3.8) is 0 Å². The summed E-state index contributed by atoms with van der Waals surface area (Å²) < 4.78 is 2.08. The molecule has 5 aromatic rings. The minimum atomic E-state index is -0.0638. The van der Waals surface area contributed by atoms with E-state index in [1.54, 1.807) is 12.3 Å². The molecule has 162 valence electrons. The van der Waals surface area contributed by atoms with Crippen LogP contribution in [0.5, 0.6) is 0 Å². The summed E-state index contributed by atoms with van der Waals surface area (Å²) in [6, 6.07) is 33.8. The number of rotatable bonds is 6. The van der Waals surface area contributed by atoms with Gasteiger partial charge in [-0.2, -0.15) is 0 Å². The van der Waals surface area contributed by atoms with Crippen LogP contribution in [0.1, 0.15) is 5.69 Å². The van der Waals surface area contributed by atoms with Gasteiger partial charge in [0.2, 0.25) is 0 Å². The number of hydrogen-bond donors (Lipinski definition) is 1. The predicted molar refractivity (Wildman–Crippen MR) is 136 cm³/mol. The van der Waals surface area contributed by atoms with E-state index in [4.69, 9.17) is 0 Å². The first-order valence-electron chi connectivity index (χ1n) is 10.9. The maximum absolute atomic E-state index is 13.0. The molecule has 2 heterocycles. The second kappa shape index (κ2) is 9.01. The van der Waals surface area contributed by atoms with E-state index in [1.165, 1.54) is 0 Å². The standard InChI is InChI=1S/C28H24N4O/c1-31(23-13-7-3-8-14-23)20-22-17-26-25(19-29-22)27(33)18-28(30-21-11-5-2-6-12-21)32(26)24-15-9-4-10-16-24/h2-19,30H,20H2,1H3. The van der Waals surface area contributed by atoms with Crippen molar-refractivity contribution in [1.82, 2.24) is 9.55 Å². The molecule has 0 bridgehead atoms. The van der Waals surface area contributed by atoms with Crippen LogP contribution in [0.15, 0.2) is 114 Å². The van der Waals surface area contributed by atoms with Gasteiger partial charge in [-0.05, 0) is 42.5 Å². The molecule has 0 atom stereocenters. The molecule has 0 fully saturated rings. The Hall–Kier alpha value is -4.38. The largest absolute Gasteiger partial charge is 0.369 e. The SMILES string of the molecule is CN(Cc1cc2c(cn1)c(=O)cc(Nc1ccccc1)n2-c1ccccc1)c1ccccc1. The highest BCUT2D eigenvalue weighted by Gasteiger charge is 2.14. The molecule has 0 saturated carbocycles. The molecular weight excluding hydrogens is 408 g/mol. The maximum Gasteiger partial charge on any atom is 0.193 e. The number of anilines is 3. The van der Waals surface area contributed by atoms with Gasteiger partial charge in [-0.25, -0.2) is 0 Å². The molecule has 3 aromatic carbocycles. The summed E-state index contributed by atoms with van der Waals surface area (Å²) in [4.78, 5) is 19.8. The van der Waals surface area contributed by atoms with Gasteiger partial charge >= 0.3 is 0 Å². The van der Waals surface area contributed by atoms with Crippen molar-refractivity contribution in [2.75, 3.05) is 17.3 Å². The van der Waals surface area contributed by atoms with E-state index in [2.05, 4.69) is 31.9 Å². The topological polar surface area (TPSA) is 50.2 Å². The van der Waals surface area contributed by atoms with E-state index in [0.717, 1.165) is 28.3 Å². The Morgan fingerprint density at radius 1 is 0.848 bits per heavy atom. The second-order valence-corrected chi connectivity index (χ2v) is 7.94. The average Bonchev–Trinajstić information content (AvgIpc) is 2.86. The molecule has 0 spiro atoms. The van der Waals surface area contributed by atoms with E-state index in [-0.39, 0.29) is 5.43 Å². The van der Waals surface area contributed by atoms with Crippen LogP contribution in [0.25, 0.3) is 16.6 Å². The average molecular weight is 433 g/mol. The third kappa shape index (κ3) is 4.34. The third-order valence-electron chi connectivity index (χ3n) is 5.61. The Morgan fingerprint density at radius 2 is 1.48 bits per heavy atom. The highest BCUT2D eigenvalue weighted by atomic mass is 16.1. The van der Waals surface area contributed by atoms with Crippen LogP contribution in [-0.2, 0) is 6.54 Å². The van der Waals surface area contributed by atoms with E-state index >= 15 is 0 Å². The smallest absolute Gasteiger partial charge is 0.193 e. The van der Waals surface area contributed by atoms with Crippen LogP contribution in [0.3, 0.4) is 0 Å². The first kappa shape index (κ1) is 20.5. The highest BCUT2D eigenvalue weighted by Crippen LogP contribution is 2.26. The Kier molecular flexibility index (Phi) is 5.60. The number of fused-ring (bicyclic) bond motifs is 1. The van der Waals surface area contributed by atoms with Crippen molar-refractivity contribution >= 4 is 28.1 Å². The lowest BCUT2D eigenvalue weighted by atomic mass is 10.2. The van der Waals surface area contributed by atoms with E-state index in [0.29, 0.717) is 17.7 Å². The first-order chi connectivity index (χ1) is 16.2. The van der Waals surface area contributed by atoms with E-state index in [9.17, 15) is 4.79 Å². The zero-order chi connectivity index (χ0) is 22.6. The van der Waals surface area contributed by atoms with Crippen LogP contribution in [0.4, 0.5) is 17.2 Å². The predicted octanol–water partition coefficient (Wildman–Crippen LogP) is 5.77. The summed E-state index contributed by atoms with van der Waals surface area (Å²) in [6.45, 7) is 0.624. The highest BCUT2D eigenvalue weighted by molar-refractivity contribution is 5.83. The van der Waals surface area contributed by atoms with Gasteiger partial charge in [0.25, 0.3) is 0 Å². The molecule has 0 aliphatic carbocycles. The summed E-state index contributed by atoms with van der Waals surface area (Å²) in [5, 5.41) is 4.01. The first-order valence-corrected chi connectivity index (χ1v) is 10.9. The fraction of sp³-hybridized carbons (Fsp3) is 0.0714. The Labute approximate surface area is 192 Å². The van der Waals surface area contributed by atoms with Crippen LogP contribution in [-0.4, -0.2) is 16.6 Å². The molecule has 5 rings (SSSR count). The summed E-state index contributed by atoms with van der Waals surface area (Å²) in [7, 11) is 2.04. The van der Waals surface area contributed by atoms with Crippen LogP contribution in [0.2, 0.25) is 0 Å². The lowest BCUT2D eigenvalue weighted by molar-refractivity contribution is 0.886. The normalized spacial score (nSPS) is 10.8. The summed E-state index contributed by atoms with van der Waals surface area (Å²) in [5.41, 5.74) is 4.63. The summed E-state index contributed by atoms with van der Waals surface area (Å²) in [5.74, 6) is 0.707. The van der Waals surface area contributed by atoms with Crippen LogP contribution >= 0.6 is 0 Å². The Bertz CT molecular complexity index is 1430. The number of nitrogens with zero attached hydrogens (tertiary/aromatic N) is 3. The summed E-state index contributed by atoms with van der Waals surface area (Å²) >= 11 is 0. The monoisotopic (exact) mass is 432 g/mol. The Balaban J connectivity index is 1.65. The number of nitrogens with one attached hydrogen (secondary N) is 1. The molecule has 0 aliphatic rings. The zero-order valence-electron chi connectivity index (χ0n) is 18.3. The molecule has 0 amide bonds. The zero-order valence-corrected chi connectivity index (χ0v) is 18.3. The van der Waals surface area contributed by atoms with Gasteiger partial charge < -0.3 is 10.2 Å². The number of hydrogen-bond acceptors (Lipinski definition) is 4. The van der Waals surface area contributed by atoms with Crippen molar-refractivity contribution < 1.29 is 0 Å². The molecule has 33 heavy (non-hydrogen) atoms. The molecule has 5 heteroatoms. The molecule has 0 saturated heterocycles. The van der Waals surface area contributed by atoms with Crippen molar-refractivity contribution in [1.29, 1.82) is 0 Å². The molecule has 0 unspecified atom stereocenters. The fourth-order valence-electron chi connectivity index (χ4n) is 3.98. The Morgan fingerprint density at radius 3 is 2.18 bits per heavy atom. The van der Waals surface area contributed by atoms with E-state index in [1.807, 2.05) is 92.0 Å². The second-order valence-electron chi connectivity index (χ2n) is 7.94. The van der Waals surface area contributed by atoms with Crippen LogP contribution < -0.4 is 15.6 Å². The van der Waals surface area contributed by atoms with Gasteiger partial charge in [0, 0.05) is 36.4 Å². The van der Waals surface area contributed by atoms with Gasteiger partial charge in [0.15, 0.2) is 5.43 Å². The quantitative estimate of drug-likeness (QED) is 0.370. The molecule has 0 aliphatic heterocycles. The maximum atomic E-state index is 13.0. The van der Waals surface area contributed by atoms with Crippen LogP contribution in [0, 0.1) is 0 Å². The number of aromatic nitrogens is 2. The fourth-order valence-corrected chi connectivity index (χ4v) is 3.98. The van der Waals surface area contributed by atoms with Crippen molar-refractivity contribution in [3.8, 4) is 5.69 Å². The molecule has 0 radical (unpaired) electrons. The third-order valence-corrected chi connectivity index (χ3v) is 5.61. The number of benzene rings is 3. The van der Waals surface area contributed by atoms with Gasteiger partial charge in [-0.15, -0.1) is 0 Å². The van der Waals surface area contributed by atoms with Gasteiger partial charge in [0.05, 0.1) is 23.1 Å². The minimum absolute atomic E-state index is 0.0638. The molecule has 1 N–H and O–H groups in total. The van der Waals surface area contributed by atoms with Gasteiger partial charge in [0.1, 0.15) is 5.82 Å². The lowest BCUT2D eigenvalue weighted by Gasteiger charge is -2.21. The lowest BCUT2D eigenvalue weighted by Crippen LogP contribution is -2.18. The van der Waals surface area contributed by atoms with E-state index < -0.39 is 0 Å². The van der Waals surface area contributed by atoms with Crippen molar-refractivity contribution in [2.24, 2.45) is 0 Å². The number of pyridine rings is 2. The van der Waals surface area contributed by atoms with Crippen molar-refractivity contribution in [3.05, 3.63) is 125 Å². The molecule has 2 aromatic heterocycles. The molecule has 5 nitrogen and oxygen atoms in total.